The van der Waals surface area contributed by atoms with Crippen molar-refractivity contribution in [3.8, 4) is 0 Å². The van der Waals surface area contributed by atoms with Gasteiger partial charge in [-0.2, -0.15) is 0 Å². The predicted molar refractivity (Wildman–Crippen MR) is 62.6 cm³/mol. The van der Waals surface area contributed by atoms with Crippen LogP contribution in [-0.4, -0.2) is 38.2 Å². The normalized spacial score (nSPS) is 10.6. The summed E-state index contributed by atoms with van der Waals surface area (Å²) in [6.45, 7) is 5.77. The summed E-state index contributed by atoms with van der Waals surface area (Å²) < 4.78 is 14.1. The number of esters is 2. The number of carbonyl (C=O) groups excluding carboxylic acids is 3. The van der Waals surface area contributed by atoms with E-state index in [-0.39, 0.29) is 38.7 Å². The van der Waals surface area contributed by atoms with E-state index in [1.54, 1.807) is 13.8 Å². The molecule has 6 heteroatoms. The van der Waals surface area contributed by atoms with Gasteiger partial charge in [-0.15, -0.1) is 0 Å². The molecular formula is C12H20O6. The van der Waals surface area contributed by atoms with Crippen LogP contribution in [0.5, 0.6) is 0 Å². The molecule has 0 aromatic carbocycles. The van der Waals surface area contributed by atoms with Crippen molar-refractivity contribution >= 4 is 18.4 Å². The fourth-order valence-electron chi connectivity index (χ4n) is 0.892. The zero-order valence-electron chi connectivity index (χ0n) is 11.1. The van der Waals surface area contributed by atoms with E-state index in [1.807, 2.05) is 6.92 Å². The van der Waals surface area contributed by atoms with Gasteiger partial charge in [0.2, 0.25) is 0 Å². The molecule has 0 radical (unpaired) electrons. The Kier molecular flexibility index (Phi) is 7.74. The molecule has 0 heterocycles. The molecule has 0 N–H and O–H groups in total. The van der Waals surface area contributed by atoms with Gasteiger partial charge in [-0.05, 0) is 20.3 Å². The molecule has 0 atom stereocenters. The molecule has 6 nitrogen and oxygen atoms in total. The van der Waals surface area contributed by atoms with Crippen LogP contribution in [0.1, 0.15) is 33.6 Å². The molecule has 0 saturated heterocycles. The zero-order chi connectivity index (χ0) is 14.0. The van der Waals surface area contributed by atoms with Crippen molar-refractivity contribution in [2.24, 2.45) is 5.41 Å². The molecule has 0 aromatic rings. The standard InChI is InChI=1S/C12H20O6/c1-4-12(2,3)11(15)18-8-7-17-10(14)5-6-16-9-13/h9H,4-8H2,1-3H3. The highest BCUT2D eigenvalue weighted by Crippen LogP contribution is 2.21. The van der Waals surface area contributed by atoms with Gasteiger partial charge >= 0.3 is 11.9 Å². The molecule has 0 aliphatic heterocycles. The minimum absolute atomic E-state index is 0.00541. The van der Waals surface area contributed by atoms with Gasteiger partial charge in [0, 0.05) is 0 Å². The molecule has 18 heavy (non-hydrogen) atoms. The first kappa shape index (κ1) is 16.4. The Morgan fingerprint density at radius 2 is 1.72 bits per heavy atom. The van der Waals surface area contributed by atoms with Gasteiger partial charge in [0.25, 0.3) is 6.47 Å². The number of carbonyl (C=O) groups is 3. The van der Waals surface area contributed by atoms with E-state index in [4.69, 9.17) is 9.47 Å². The molecule has 0 spiro atoms. The van der Waals surface area contributed by atoms with Gasteiger partial charge < -0.3 is 14.2 Å². The molecule has 0 unspecified atom stereocenters. The Morgan fingerprint density at radius 3 is 2.28 bits per heavy atom. The van der Waals surface area contributed by atoms with Crippen LogP contribution in [-0.2, 0) is 28.6 Å². The lowest BCUT2D eigenvalue weighted by Gasteiger charge is -2.20. The third kappa shape index (κ3) is 6.88. The van der Waals surface area contributed by atoms with Crippen molar-refractivity contribution in [1.29, 1.82) is 0 Å². The summed E-state index contributed by atoms with van der Waals surface area (Å²) in [5.41, 5.74) is -0.526. The fraction of sp³-hybridized carbons (Fsp3) is 0.750. The molecule has 0 amide bonds. The van der Waals surface area contributed by atoms with E-state index in [0.717, 1.165) is 0 Å². The Morgan fingerprint density at radius 1 is 1.11 bits per heavy atom. The lowest BCUT2D eigenvalue weighted by molar-refractivity contribution is -0.159. The topological polar surface area (TPSA) is 78.9 Å². The van der Waals surface area contributed by atoms with Crippen molar-refractivity contribution in [2.75, 3.05) is 19.8 Å². The van der Waals surface area contributed by atoms with Crippen molar-refractivity contribution in [3.63, 3.8) is 0 Å². The third-order valence-electron chi connectivity index (χ3n) is 2.51. The second-order valence-electron chi connectivity index (χ2n) is 4.31. The Balaban J connectivity index is 3.64. The summed E-state index contributed by atoms with van der Waals surface area (Å²) in [5, 5.41) is 0. The lowest BCUT2D eigenvalue weighted by atomic mass is 9.91. The van der Waals surface area contributed by atoms with E-state index in [2.05, 4.69) is 4.74 Å². The SMILES string of the molecule is CCC(C)(C)C(=O)OCCOC(=O)CCOC=O. The van der Waals surface area contributed by atoms with Gasteiger partial charge in [-0.1, -0.05) is 6.92 Å². The second kappa shape index (κ2) is 8.49. The van der Waals surface area contributed by atoms with Crippen LogP contribution in [0.2, 0.25) is 0 Å². The highest BCUT2D eigenvalue weighted by Gasteiger charge is 2.26. The van der Waals surface area contributed by atoms with Crippen LogP contribution in [0.4, 0.5) is 0 Å². The zero-order valence-corrected chi connectivity index (χ0v) is 11.1. The van der Waals surface area contributed by atoms with Crippen molar-refractivity contribution in [2.45, 2.75) is 33.6 Å². The first-order valence-corrected chi connectivity index (χ1v) is 5.82. The first-order chi connectivity index (χ1) is 8.44. The highest BCUT2D eigenvalue weighted by atomic mass is 16.6. The summed E-state index contributed by atoms with van der Waals surface area (Å²) in [5.74, 6) is -0.812. The van der Waals surface area contributed by atoms with E-state index >= 15 is 0 Å². The molecule has 104 valence electrons. The maximum atomic E-state index is 11.5. The summed E-state index contributed by atoms with van der Waals surface area (Å²) in [4.78, 5) is 32.4. The van der Waals surface area contributed by atoms with E-state index < -0.39 is 11.4 Å². The van der Waals surface area contributed by atoms with Crippen LogP contribution in [0.3, 0.4) is 0 Å². The Labute approximate surface area is 107 Å². The third-order valence-corrected chi connectivity index (χ3v) is 2.51. The summed E-state index contributed by atoms with van der Waals surface area (Å²) in [6, 6.07) is 0. The molecular weight excluding hydrogens is 240 g/mol. The van der Waals surface area contributed by atoms with Crippen molar-refractivity contribution in [3.05, 3.63) is 0 Å². The molecule has 0 fully saturated rings. The van der Waals surface area contributed by atoms with Gasteiger partial charge in [0.15, 0.2) is 0 Å². The average Bonchev–Trinajstić information content (AvgIpc) is 2.34. The Bertz CT molecular complexity index is 284. The summed E-state index contributed by atoms with van der Waals surface area (Å²) in [7, 11) is 0. The minimum Gasteiger partial charge on any atom is -0.467 e. The minimum atomic E-state index is -0.526. The molecule has 0 rings (SSSR count). The second-order valence-corrected chi connectivity index (χ2v) is 4.31. The predicted octanol–water partition coefficient (Wildman–Crippen LogP) is 1.07. The molecule has 0 bridgehead atoms. The van der Waals surface area contributed by atoms with Crippen molar-refractivity contribution < 1.29 is 28.6 Å². The number of rotatable bonds is 9. The molecule has 0 aromatic heterocycles. The number of hydrogen-bond donors (Lipinski definition) is 0. The van der Waals surface area contributed by atoms with Gasteiger partial charge in [0.1, 0.15) is 19.8 Å². The van der Waals surface area contributed by atoms with E-state index in [1.165, 1.54) is 0 Å². The van der Waals surface area contributed by atoms with Crippen molar-refractivity contribution in [1.82, 2.24) is 0 Å². The van der Waals surface area contributed by atoms with E-state index in [9.17, 15) is 14.4 Å². The molecule has 0 saturated carbocycles. The Hall–Kier alpha value is -1.59. The van der Waals surface area contributed by atoms with Gasteiger partial charge in [-0.25, -0.2) is 0 Å². The fourth-order valence-corrected chi connectivity index (χ4v) is 0.892. The lowest BCUT2D eigenvalue weighted by Crippen LogP contribution is -2.27. The largest absolute Gasteiger partial charge is 0.467 e. The average molecular weight is 260 g/mol. The van der Waals surface area contributed by atoms with Crippen LogP contribution in [0, 0.1) is 5.41 Å². The van der Waals surface area contributed by atoms with E-state index in [0.29, 0.717) is 6.42 Å². The quantitative estimate of drug-likeness (QED) is 0.267. The van der Waals surface area contributed by atoms with Gasteiger partial charge in [0.05, 0.1) is 11.8 Å². The smallest absolute Gasteiger partial charge is 0.311 e. The van der Waals surface area contributed by atoms with Gasteiger partial charge in [-0.3, -0.25) is 14.4 Å². The number of ether oxygens (including phenoxy) is 3. The molecule has 0 aliphatic carbocycles. The van der Waals surface area contributed by atoms with Crippen LogP contribution in [0.25, 0.3) is 0 Å². The molecule has 0 aliphatic rings. The van der Waals surface area contributed by atoms with Crippen LogP contribution in [0.15, 0.2) is 0 Å². The number of hydrogen-bond acceptors (Lipinski definition) is 6. The first-order valence-electron chi connectivity index (χ1n) is 5.82. The summed E-state index contributed by atoms with van der Waals surface area (Å²) in [6.07, 6.45) is 0.668. The van der Waals surface area contributed by atoms with Crippen LogP contribution >= 0.6 is 0 Å². The maximum absolute atomic E-state index is 11.5. The summed E-state index contributed by atoms with van der Waals surface area (Å²) >= 11 is 0. The highest BCUT2D eigenvalue weighted by molar-refractivity contribution is 5.75. The maximum Gasteiger partial charge on any atom is 0.311 e. The monoisotopic (exact) mass is 260 g/mol. The van der Waals surface area contributed by atoms with Crippen LogP contribution < -0.4 is 0 Å².